The van der Waals surface area contributed by atoms with Gasteiger partial charge in [-0.3, -0.25) is 14.7 Å². The molecule has 0 spiro atoms. The fraction of sp³-hybridized carbons (Fsp3) is 0.238. The van der Waals surface area contributed by atoms with Crippen molar-refractivity contribution in [1.29, 1.82) is 0 Å². The monoisotopic (exact) mass is 360 g/mol. The predicted molar refractivity (Wildman–Crippen MR) is 103 cm³/mol. The number of benzene rings is 1. The molecule has 0 atom stereocenters. The molecule has 0 saturated heterocycles. The number of nitrogens with zero attached hydrogens (tertiary/aromatic N) is 4. The maximum atomic E-state index is 13.2. The van der Waals surface area contributed by atoms with Gasteiger partial charge in [-0.25, -0.2) is 9.97 Å². The number of fused-ring (bicyclic) bond motifs is 1. The van der Waals surface area contributed by atoms with E-state index < -0.39 is 5.41 Å². The Labute approximate surface area is 157 Å². The summed E-state index contributed by atoms with van der Waals surface area (Å²) in [6.07, 6.45) is 5.19. The van der Waals surface area contributed by atoms with Crippen LogP contribution < -0.4 is 4.90 Å². The van der Waals surface area contributed by atoms with Crippen molar-refractivity contribution in [3.05, 3.63) is 66.0 Å². The van der Waals surface area contributed by atoms with Crippen molar-refractivity contribution in [1.82, 2.24) is 15.0 Å². The highest BCUT2D eigenvalue weighted by molar-refractivity contribution is 6.12. The van der Waals surface area contributed by atoms with Gasteiger partial charge in [-0.05, 0) is 50.1 Å². The third-order valence-corrected chi connectivity index (χ3v) is 4.99. The number of aliphatic hydroxyl groups excluding tert-OH is 1. The van der Waals surface area contributed by atoms with E-state index in [2.05, 4.69) is 15.0 Å². The number of hydrogen-bond acceptors (Lipinski definition) is 5. The summed E-state index contributed by atoms with van der Waals surface area (Å²) in [5.74, 6) is 0.709. The molecule has 2 aromatic heterocycles. The normalized spacial score (nSPS) is 15.1. The molecule has 4 rings (SSSR count). The Bertz CT molecular complexity index is 1010. The summed E-state index contributed by atoms with van der Waals surface area (Å²) in [6, 6.07) is 9.53. The topological polar surface area (TPSA) is 79.2 Å². The minimum Gasteiger partial charge on any atom is -0.390 e. The van der Waals surface area contributed by atoms with E-state index in [0.29, 0.717) is 17.2 Å². The molecule has 1 aliphatic rings. The number of aliphatic hydroxyl groups is 1. The number of rotatable bonds is 3. The van der Waals surface area contributed by atoms with Crippen molar-refractivity contribution in [2.24, 2.45) is 0 Å². The number of carbonyl (C=O) groups is 1. The average molecular weight is 360 g/mol. The van der Waals surface area contributed by atoms with Gasteiger partial charge in [-0.2, -0.15) is 0 Å². The number of pyridine rings is 1. The SMILES string of the molecule is Cc1ncc(-c2ccc3c(c2)N(c2ccc(CO)nc2)C(=O)C3(C)C)cn1. The summed E-state index contributed by atoms with van der Waals surface area (Å²) in [5.41, 5.74) is 4.26. The van der Waals surface area contributed by atoms with Gasteiger partial charge < -0.3 is 5.11 Å². The molecule has 0 aliphatic carbocycles. The maximum absolute atomic E-state index is 13.2. The Kier molecular flexibility index (Phi) is 4.00. The molecule has 3 heterocycles. The van der Waals surface area contributed by atoms with Gasteiger partial charge in [0.25, 0.3) is 0 Å². The molecule has 6 heteroatoms. The van der Waals surface area contributed by atoms with Crippen molar-refractivity contribution in [3.63, 3.8) is 0 Å². The predicted octanol–water partition coefficient (Wildman–Crippen LogP) is 3.30. The van der Waals surface area contributed by atoms with Crippen LogP contribution in [0.1, 0.15) is 30.9 Å². The second-order valence-corrected chi connectivity index (χ2v) is 7.18. The highest BCUT2D eigenvalue weighted by atomic mass is 16.3. The smallest absolute Gasteiger partial charge is 0.241 e. The molecule has 1 aromatic carbocycles. The zero-order chi connectivity index (χ0) is 19.2. The largest absolute Gasteiger partial charge is 0.390 e. The molecular weight excluding hydrogens is 340 g/mol. The minimum absolute atomic E-state index is 0.00615. The zero-order valence-electron chi connectivity index (χ0n) is 15.5. The van der Waals surface area contributed by atoms with Gasteiger partial charge in [0.1, 0.15) is 5.82 Å². The molecular formula is C21H20N4O2. The summed E-state index contributed by atoms with van der Waals surface area (Å²) in [4.78, 5) is 27.6. The molecule has 0 unspecified atom stereocenters. The first-order valence-corrected chi connectivity index (χ1v) is 8.75. The fourth-order valence-electron chi connectivity index (χ4n) is 3.37. The maximum Gasteiger partial charge on any atom is 0.241 e. The third kappa shape index (κ3) is 2.78. The standard InChI is InChI=1S/C21H20N4O2/c1-13-22-9-15(10-23-13)14-4-7-18-19(8-14)25(20(27)21(18,2)3)17-6-5-16(12-26)24-11-17/h4-11,26H,12H2,1-3H3. The van der Waals surface area contributed by atoms with Gasteiger partial charge in [0, 0.05) is 18.0 Å². The summed E-state index contributed by atoms with van der Waals surface area (Å²) >= 11 is 0. The van der Waals surface area contributed by atoms with Crippen molar-refractivity contribution in [2.45, 2.75) is 32.8 Å². The molecule has 0 radical (unpaired) electrons. The molecule has 0 saturated carbocycles. The minimum atomic E-state index is -0.632. The quantitative estimate of drug-likeness (QED) is 0.775. The molecule has 6 nitrogen and oxygen atoms in total. The third-order valence-electron chi connectivity index (χ3n) is 4.99. The van der Waals surface area contributed by atoms with Gasteiger partial charge in [0.2, 0.25) is 5.91 Å². The Morgan fingerprint density at radius 3 is 2.37 bits per heavy atom. The van der Waals surface area contributed by atoms with Crippen LogP contribution in [0.3, 0.4) is 0 Å². The lowest BCUT2D eigenvalue weighted by atomic mass is 9.85. The Hall–Kier alpha value is -3.12. The van der Waals surface area contributed by atoms with Crippen LogP contribution in [-0.4, -0.2) is 26.0 Å². The van der Waals surface area contributed by atoms with Crippen molar-refractivity contribution >= 4 is 17.3 Å². The van der Waals surface area contributed by atoms with E-state index in [0.717, 1.165) is 22.4 Å². The number of anilines is 2. The van der Waals surface area contributed by atoms with Gasteiger partial charge in [-0.1, -0.05) is 12.1 Å². The Balaban J connectivity index is 1.84. The first kappa shape index (κ1) is 17.3. The van der Waals surface area contributed by atoms with Gasteiger partial charge in [0.15, 0.2) is 0 Å². The summed E-state index contributed by atoms with van der Waals surface area (Å²) in [5, 5.41) is 9.21. The van der Waals surface area contributed by atoms with Gasteiger partial charge in [0.05, 0.1) is 35.3 Å². The van der Waals surface area contributed by atoms with Crippen LogP contribution >= 0.6 is 0 Å². The second-order valence-electron chi connectivity index (χ2n) is 7.18. The van der Waals surface area contributed by atoms with E-state index >= 15 is 0 Å². The first-order chi connectivity index (χ1) is 12.9. The van der Waals surface area contributed by atoms with Crippen molar-refractivity contribution in [3.8, 4) is 11.1 Å². The van der Waals surface area contributed by atoms with Crippen molar-refractivity contribution < 1.29 is 9.90 Å². The van der Waals surface area contributed by atoms with E-state index in [1.54, 1.807) is 29.6 Å². The van der Waals surface area contributed by atoms with E-state index in [1.165, 1.54) is 0 Å². The van der Waals surface area contributed by atoms with Crippen LogP contribution in [0.5, 0.6) is 0 Å². The molecule has 0 fully saturated rings. The lowest BCUT2D eigenvalue weighted by molar-refractivity contribution is -0.121. The average Bonchev–Trinajstić information content (AvgIpc) is 2.88. The van der Waals surface area contributed by atoms with E-state index in [9.17, 15) is 9.90 Å². The molecule has 0 bridgehead atoms. The molecule has 27 heavy (non-hydrogen) atoms. The number of aromatic nitrogens is 3. The number of aryl methyl sites for hydroxylation is 1. The lowest BCUT2D eigenvalue weighted by Crippen LogP contribution is -2.33. The number of amides is 1. The van der Waals surface area contributed by atoms with E-state index in [-0.39, 0.29) is 12.5 Å². The lowest BCUT2D eigenvalue weighted by Gasteiger charge is -2.20. The van der Waals surface area contributed by atoms with Crippen LogP contribution in [-0.2, 0) is 16.8 Å². The van der Waals surface area contributed by atoms with Crippen molar-refractivity contribution in [2.75, 3.05) is 4.90 Å². The van der Waals surface area contributed by atoms with Gasteiger partial charge >= 0.3 is 0 Å². The molecule has 3 aromatic rings. The van der Waals surface area contributed by atoms with Crippen LogP contribution in [0.4, 0.5) is 11.4 Å². The first-order valence-electron chi connectivity index (χ1n) is 8.75. The van der Waals surface area contributed by atoms with E-state index in [4.69, 9.17) is 0 Å². The molecule has 1 amide bonds. The van der Waals surface area contributed by atoms with Gasteiger partial charge in [-0.15, -0.1) is 0 Å². The fourth-order valence-corrected chi connectivity index (χ4v) is 3.37. The molecule has 1 aliphatic heterocycles. The van der Waals surface area contributed by atoms with Crippen LogP contribution in [0, 0.1) is 6.92 Å². The summed E-state index contributed by atoms with van der Waals surface area (Å²) in [6.45, 7) is 5.57. The highest BCUT2D eigenvalue weighted by Gasteiger charge is 2.44. The van der Waals surface area contributed by atoms with E-state index in [1.807, 2.05) is 45.0 Å². The summed E-state index contributed by atoms with van der Waals surface area (Å²) < 4.78 is 0. The van der Waals surface area contributed by atoms with Crippen LogP contribution in [0.2, 0.25) is 0 Å². The molecule has 136 valence electrons. The van der Waals surface area contributed by atoms with Crippen LogP contribution in [0.25, 0.3) is 11.1 Å². The van der Waals surface area contributed by atoms with Crippen LogP contribution in [0.15, 0.2) is 48.9 Å². The highest BCUT2D eigenvalue weighted by Crippen LogP contribution is 2.46. The summed E-state index contributed by atoms with van der Waals surface area (Å²) in [7, 11) is 0. The Morgan fingerprint density at radius 1 is 1.00 bits per heavy atom. The Morgan fingerprint density at radius 2 is 1.74 bits per heavy atom. The number of hydrogen-bond donors (Lipinski definition) is 1. The zero-order valence-corrected chi connectivity index (χ0v) is 15.5. The molecule has 1 N–H and O–H groups in total. The number of carbonyl (C=O) groups excluding carboxylic acids is 1. The second kappa shape index (κ2) is 6.25.